The molecule has 11 heteroatoms. The summed E-state index contributed by atoms with van der Waals surface area (Å²) in [5.41, 5.74) is 1.04. The number of nitro benzene ring substituents is 1. The maximum absolute atomic E-state index is 13.5. The standard InChI is InChI=1S/C30H30N2O9/c1-5-20-27(21-13-8-9-14-23(21)41-28(20)33)40-16-22-26(30(35)39-7-3)25(18-11-10-12-19(15-18)32(36)37)24(17(4)31-22)29(34)38-6-2/h8-15,25,31H,5-7,16H2,1-4H3. The lowest BCUT2D eigenvalue weighted by Crippen LogP contribution is -2.35. The van der Waals surface area contributed by atoms with Gasteiger partial charge in [-0.3, -0.25) is 10.1 Å². The number of rotatable bonds is 10. The second kappa shape index (κ2) is 12.5. The third kappa shape index (κ3) is 5.84. The highest BCUT2D eigenvalue weighted by Gasteiger charge is 2.39. The van der Waals surface area contributed by atoms with Crippen LogP contribution >= 0.6 is 0 Å². The van der Waals surface area contributed by atoms with Crippen molar-refractivity contribution >= 4 is 28.6 Å². The summed E-state index contributed by atoms with van der Waals surface area (Å²) in [6, 6.07) is 12.6. The summed E-state index contributed by atoms with van der Waals surface area (Å²) in [5.74, 6) is -2.18. The SMILES string of the molecule is CCOC(=O)C1=C(C)NC(COc2c(CC)c(=O)oc3ccccc23)=C(C(=O)OCC)C1c1cccc([N+](=O)[O-])c1. The lowest BCUT2D eigenvalue weighted by atomic mass is 9.80. The van der Waals surface area contributed by atoms with Crippen LogP contribution in [0.2, 0.25) is 0 Å². The van der Waals surface area contributed by atoms with Crippen LogP contribution in [0.25, 0.3) is 11.0 Å². The molecular formula is C30H30N2O9. The zero-order valence-electron chi connectivity index (χ0n) is 23.1. The lowest BCUT2D eigenvalue weighted by Gasteiger charge is -2.31. The molecule has 41 heavy (non-hydrogen) atoms. The number of ether oxygens (including phenoxy) is 3. The van der Waals surface area contributed by atoms with Gasteiger partial charge in [0.05, 0.1) is 51.8 Å². The van der Waals surface area contributed by atoms with E-state index < -0.39 is 28.4 Å². The average molecular weight is 563 g/mol. The molecule has 0 saturated carbocycles. The molecule has 3 aromatic rings. The van der Waals surface area contributed by atoms with E-state index in [1.807, 2.05) is 0 Å². The van der Waals surface area contributed by atoms with Gasteiger partial charge in [0.1, 0.15) is 17.9 Å². The average Bonchev–Trinajstić information content (AvgIpc) is 2.95. The Morgan fingerprint density at radius 2 is 1.68 bits per heavy atom. The molecule has 0 radical (unpaired) electrons. The van der Waals surface area contributed by atoms with E-state index in [1.54, 1.807) is 58.0 Å². The molecule has 1 atom stereocenters. The predicted octanol–water partition coefficient (Wildman–Crippen LogP) is 4.68. The summed E-state index contributed by atoms with van der Waals surface area (Å²) in [4.78, 5) is 50.4. The van der Waals surface area contributed by atoms with E-state index in [9.17, 15) is 24.5 Å². The molecule has 0 fully saturated rings. The van der Waals surface area contributed by atoms with E-state index in [1.165, 1.54) is 18.2 Å². The van der Waals surface area contributed by atoms with Gasteiger partial charge in [-0.15, -0.1) is 0 Å². The van der Waals surface area contributed by atoms with Gasteiger partial charge in [-0.25, -0.2) is 14.4 Å². The molecule has 11 nitrogen and oxygen atoms in total. The number of fused-ring (bicyclic) bond motifs is 1. The van der Waals surface area contributed by atoms with Gasteiger partial charge < -0.3 is 23.9 Å². The first-order valence-corrected chi connectivity index (χ1v) is 13.2. The van der Waals surface area contributed by atoms with Crippen molar-refractivity contribution in [2.45, 2.75) is 40.0 Å². The number of esters is 2. The summed E-state index contributed by atoms with van der Waals surface area (Å²) >= 11 is 0. The van der Waals surface area contributed by atoms with Crippen molar-refractivity contribution in [1.29, 1.82) is 0 Å². The smallest absolute Gasteiger partial charge is 0.343 e. The van der Waals surface area contributed by atoms with Gasteiger partial charge in [0.25, 0.3) is 5.69 Å². The largest absolute Gasteiger partial charge is 0.486 e. The predicted molar refractivity (Wildman–Crippen MR) is 149 cm³/mol. The van der Waals surface area contributed by atoms with Gasteiger partial charge in [-0.1, -0.05) is 31.2 Å². The van der Waals surface area contributed by atoms with E-state index in [4.69, 9.17) is 18.6 Å². The van der Waals surface area contributed by atoms with Gasteiger partial charge in [0.15, 0.2) is 0 Å². The summed E-state index contributed by atoms with van der Waals surface area (Å²) in [7, 11) is 0. The van der Waals surface area contributed by atoms with E-state index >= 15 is 0 Å². The van der Waals surface area contributed by atoms with Crippen LogP contribution in [-0.2, 0) is 25.5 Å². The zero-order chi connectivity index (χ0) is 29.7. The normalized spacial score (nSPS) is 15.0. The van der Waals surface area contributed by atoms with Crippen LogP contribution in [-0.4, -0.2) is 36.7 Å². The number of nitrogens with one attached hydrogen (secondary N) is 1. The Hall–Kier alpha value is -4.93. The number of hydrogen-bond acceptors (Lipinski definition) is 10. The topological polar surface area (TPSA) is 147 Å². The number of hydrogen-bond donors (Lipinski definition) is 1. The second-order valence-corrected chi connectivity index (χ2v) is 9.12. The molecule has 2 aromatic carbocycles. The van der Waals surface area contributed by atoms with Crippen LogP contribution < -0.4 is 15.7 Å². The molecule has 1 aromatic heterocycles. The maximum Gasteiger partial charge on any atom is 0.343 e. The van der Waals surface area contributed by atoms with E-state index in [-0.39, 0.29) is 42.4 Å². The zero-order valence-corrected chi connectivity index (χ0v) is 23.1. The van der Waals surface area contributed by atoms with Gasteiger partial charge in [0.2, 0.25) is 0 Å². The molecule has 1 aliphatic heterocycles. The molecule has 214 valence electrons. The first-order valence-electron chi connectivity index (χ1n) is 13.2. The number of carbonyl (C=O) groups excluding carboxylic acids is 2. The van der Waals surface area contributed by atoms with Gasteiger partial charge in [-0.05, 0) is 44.9 Å². The Balaban J connectivity index is 1.90. The van der Waals surface area contributed by atoms with Crippen LogP contribution in [0.5, 0.6) is 5.75 Å². The Morgan fingerprint density at radius 1 is 1.00 bits per heavy atom. The number of benzene rings is 2. The molecule has 1 N–H and O–H groups in total. The van der Waals surface area contributed by atoms with E-state index in [0.29, 0.717) is 40.0 Å². The number of carbonyl (C=O) groups is 2. The Labute approximate surface area is 235 Å². The Bertz CT molecular complexity index is 1630. The molecule has 0 amide bonds. The first-order chi connectivity index (χ1) is 19.7. The number of para-hydroxylation sites is 1. The van der Waals surface area contributed by atoms with Gasteiger partial charge >= 0.3 is 17.6 Å². The van der Waals surface area contributed by atoms with E-state index in [2.05, 4.69) is 5.32 Å². The number of nitrogens with zero attached hydrogens (tertiary/aromatic N) is 1. The second-order valence-electron chi connectivity index (χ2n) is 9.12. The Kier molecular flexibility index (Phi) is 8.86. The number of allylic oxidation sites excluding steroid dienone is 1. The molecule has 4 rings (SSSR count). The molecule has 0 spiro atoms. The minimum absolute atomic E-state index is 0.0336. The van der Waals surface area contributed by atoms with Crippen LogP contribution in [0.4, 0.5) is 5.69 Å². The molecule has 1 aliphatic rings. The van der Waals surface area contributed by atoms with Crippen molar-refractivity contribution in [2.75, 3.05) is 19.8 Å². The fourth-order valence-corrected chi connectivity index (χ4v) is 4.86. The highest BCUT2D eigenvalue weighted by atomic mass is 16.6. The fourth-order valence-electron chi connectivity index (χ4n) is 4.86. The first kappa shape index (κ1) is 29.1. The van der Waals surface area contributed by atoms with Crippen LogP contribution in [0.3, 0.4) is 0 Å². The molecular weight excluding hydrogens is 532 g/mol. The van der Waals surface area contributed by atoms with Crippen molar-refractivity contribution in [2.24, 2.45) is 0 Å². The molecule has 1 unspecified atom stereocenters. The van der Waals surface area contributed by atoms with E-state index in [0.717, 1.165) is 0 Å². The number of dihydropyridines is 1. The molecule has 0 saturated heterocycles. The van der Waals surface area contributed by atoms with Crippen molar-refractivity contribution in [3.8, 4) is 5.75 Å². The van der Waals surface area contributed by atoms with Crippen LogP contribution in [0.15, 0.2) is 80.3 Å². The Morgan fingerprint density at radius 3 is 2.34 bits per heavy atom. The molecule has 0 aliphatic carbocycles. The summed E-state index contributed by atoms with van der Waals surface area (Å²) in [6.45, 7) is 6.64. The summed E-state index contributed by atoms with van der Waals surface area (Å²) < 4.78 is 22.4. The minimum Gasteiger partial charge on any atom is -0.486 e. The van der Waals surface area contributed by atoms with Crippen LogP contribution in [0.1, 0.15) is 44.7 Å². The summed E-state index contributed by atoms with van der Waals surface area (Å²) in [5, 5.41) is 15.3. The molecule has 2 heterocycles. The van der Waals surface area contributed by atoms with Gasteiger partial charge in [-0.2, -0.15) is 0 Å². The maximum atomic E-state index is 13.5. The third-order valence-corrected chi connectivity index (χ3v) is 6.62. The lowest BCUT2D eigenvalue weighted by molar-refractivity contribution is -0.384. The van der Waals surface area contributed by atoms with Crippen molar-refractivity contribution in [1.82, 2.24) is 5.32 Å². The van der Waals surface area contributed by atoms with Crippen molar-refractivity contribution < 1.29 is 33.1 Å². The van der Waals surface area contributed by atoms with Gasteiger partial charge in [0, 0.05) is 17.8 Å². The number of nitro groups is 1. The number of non-ortho nitro benzene ring substituents is 1. The minimum atomic E-state index is -1.06. The summed E-state index contributed by atoms with van der Waals surface area (Å²) in [6.07, 6.45) is 0.335. The monoisotopic (exact) mass is 562 g/mol. The quantitative estimate of drug-likeness (QED) is 0.160. The van der Waals surface area contributed by atoms with Crippen LogP contribution in [0, 0.1) is 10.1 Å². The highest BCUT2D eigenvalue weighted by Crippen LogP contribution is 2.40. The highest BCUT2D eigenvalue weighted by molar-refractivity contribution is 6.00. The van der Waals surface area contributed by atoms with Crippen molar-refractivity contribution in [3.63, 3.8) is 0 Å². The van der Waals surface area contributed by atoms with Crippen molar-refractivity contribution in [3.05, 3.63) is 103 Å². The fraction of sp³-hybridized carbons (Fsp3) is 0.300. The third-order valence-electron chi connectivity index (χ3n) is 6.62. The molecule has 0 bridgehead atoms.